The first-order valence-electron chi connectivity index (χ1n) is 8.43. The van der Waals surface area contributed by atoms with E-state index < -0.39 is 0 Å². The summed E-state index contributed by atoms with van der Waals surface area (Å²) in [6.07, 6.45) is 1.02. The quantitative estimate of drug-likeness (QED) is 0.883. The zero-order valence-electron chi connectivity index (χ0n) is 15.2. The Morgan fingerprint density at radius 1 is 1.04 bits per heavy atom. The molecule has 1 aromatic heterocycles. The summed E-state index contributed by atoms with van der Waals surface area (Å²) in [5.74, 6) is 0.390. The molecule has 130 valence electrons. The van der Waals surface area contributed by atoms with Gasteiger partial charge in [-0.2, -0.15) is 0 Å². The van der Waals surface area contributed by atoms with Gasteiger partial charge in [0.05, 0.1) is 0 Å². The molecule has 2 rings (SSSR count). The van der Waals surface area contributed by atoms with Crippen molar-refractivity contribution >= 4 is 0 Å². The van der Waals surface area contributed by atoms with E-state index in [0.29, 0.717) is 18.2 Å². The molecule has 1 unspecified atom stereocenters. The lowest BCUT2D eigenvalue weighted by Gasteiger charge is -2.24. The second-order valence-electron chi connectivity index (χ2n) is 6.57. The highest BCUT2D eigenvalue weighted by atomic mass is 16.2. The van der Waals surface area contributed by atoms with Crippen LogP contribution in [0.25, 0.3) is 0 Å². The molecule has 1 N–H and O–H groups in total. The summed E-state index contributed by atoms with van der Waals surface area (Å²) in [6.45, 7) is 6.94. The lowest BCUT2D eigenvalue weighted by Crippen LogP contribution is -2.39. The topological polar surface area (TPSA) is 56.0 Å². The molecule has 0 radical (unpaired) electrons. The fourth-order valence-electron chi connectivity index (χ4n) is 2.86. The van der Waals surface area contributed by atoms with Crippen LogP contribution >= 0.6 is 0 Å². The Morgan fingerprint density at radius 2 is 1.67 bits per heavy atom. The van der Waals surface area contributed by atoms with Crippen LogP contribution in [0.4, 0.5) is 0 Å². The first-order chi connectivity index (χ1) is 11.3. The fourth-order valence-corrected chi connectivity index (χ4v) is 2.86. The second-order valence-corrected chi connectivity index (χ2v) is 6.57. The maximum absolute atomic E-state index is 12.0. The highest BCUT2D eigenvalue weighted by Gasteiger charge is 2.16. The molecule has 1 heterocycles. The number of aryl methyl sites for hydroxylation is 1. The van der Waals surface area contributed by atoms with E-state index >= 15 is 0 Å². The minimum absolute atomic E-state index is 0.162. The first-order valence-corrected chi connectivity index (χ1v) is 8.43. The van der Waals surface area contributed by atoms with Crippen LogP contribution in [0.15, 0.2) is 39.9 Å². The maximum Gasteiger partial charge on any atom is 0.330 e. The average Bonchev–Trinajstić information content (AvgIpc) is 2.57. The van der Waals surface area contributed by atoms with Gasteiger partial charge in [0.25, 0.3) is 5.56 Å². The van der Waals surface area contributed by atoms with E-state index in [1.165, 1.54) is 28.8 Å². The zero-order valence-corrected chi connectivity index (χ0v) is 15.2. The molecule has 0 saturated heterocycles. The van der Waals surface area contributed by atoms with E-state index in [0.717, 1.165) is 11.0 Å². The summed E-state index contributed by atoms with van der Waals surface area (Å²) in [5.41, 5.74) is 2.65. The molecular weight excluding hydrogens is 302 g/mol. The molecule has 0 aliphatic rings. The number of nitrogens with one attached hydrogen (secondary N) is 1. The molecule has 0 fully saturated rings. The fraction of sp³-hybridized carbons (Fsp3) is 0.474. The molecule has 0 spiro atoms. The van der Waals surface area contributed by atoms with Crippen LogP contribution in [-0.4, -0.2) is 9.13 Å². The van der Waals surface area contributed by atoms with Gasteiger partial charge in [-0.1, -0.05) is 45.0 Å². The van der Waals surface area contributed by atoms with Gasteiger partial charge < -0.3 is 5.32 Å². The minimum atomic E-state index is -0.298. The van der Waals surface area contributed by atoms with Crippen LogP contribution in [0.3, 0.4) is 0 Å². The van der Waals surface area contributed by atoms with Crippen molar-refractivity contribution in [1.29, 1.82) is 0 Å². The predicted molar refractivity (Wildman–Crippen MR) is 97.2 cm³/mol. The molecule has 5 nitrogen and oxygen atoms in total. The zero-order chi connectivity index (χ0) is 17.9. The summed E-state index contributed by atoms with van der Waals surface area (Å²) in [5, 5.41) is 3.50. The van der Waals surface area contributed by atoms with Crippen molar-refractivity contribution in [1.82, 2.24) is 14.5 Å². The van der Waals surface area contributed by atoms with Crippen LogP contribution in [0, 0.1) is 5.92 Å². The molecule has 0 amide bonds. The molecule has 5 heteroatoms. The van der Waals surface area contributed by atoms with Gasteiger partial charge >= 0.3 is 5.69 Å². The Labute approximate surface area is 143 Å². The van der Waals surface area contributed by atoms with Gasteiger partial charge in [0.15, 0.2) is 0 Å². The number of rotatable bonds is 6. The molecule has 0 bridgehead atoms. The molecule has 0 aliphatic carbocycles. The molecule has 1 aromatic carbocycles. The molecule has 2 aromatic rings. The number of hydrogen-bond acceptors (Lipinski definition) is 3. The number of hydrogen-bond donors (Lipinski definition) is 1. The number of aromatic nitrogens is 2. The van der Waals surface area contributed by atoms with E-state index in [9.17, 15) is 9.59 Å². The summed E-state index contributed by atoms with van der Waals surface area (Å²) >= 11 is 0. The van der Waals surface area contributed by atoms with Crippen LogP contribution in [-0.2, 0) is 27.1 Å². The highest BCUT2D eigenvalue weighted by Crippen LogP contribution is 2.22. The summed E-state index contributed by atoms with van der Waals surface area (Å²) in [4.78, 5) is 23.9. The monoisotopic (exact) mass is 329 g/mol. The third kappa shape index (κ3) is 3.85. The summed E-state index contributed by atoms with van der Waals surface area (Å²) in [6, 6.07) is 10.3. The van der Waals surface area contributed by atoms with Gasteiger partial charge in [0.2, 0.25) is 0 Å². The molecule has 1 atom stereocenters. The van der Waals surface area contributed by atoms with Crippen molar-refractivity contribution in [2.24, 2.45) is 20.0 Å². The van der Waals surface area contributed by atoms with Crippen molar-refractivity contribution in [2.45, 2.75) is 39.8 Å². The van der Waals surface area contributed by atoms with Crippen LogP contribution in [0.1, 0.15) is 43.6 Å². The van der Waals surface area contributed by atoms with Gasteiger partial charge in [-0.15, -0.1) is 0 Å². The van der Waals surface area contributed by atoms with Gasteiger partial charge in [0, 0.05) is 38.4 Å². The van der Waals surface area contributed by atoms with Crippen molar-refractivity contribution in [2.75, 3.05) is 0 Å². The van der Waals surface area contributed by atoms with Crippen molar-refractivity contribution in [3.05, 3.63) is 68.0 Å². The minimum Gasteiger partial charge on any atom is -0.304 e. The van der Waals surface area contributed by atoms with Crippen molar-refractivity contribution < 1.29 is 0 Å². The van der Waals surface area contributed by atoms with Crippen LogP contribution in [0.2, 0.25) is 0 Å². The lowest BCUT2D eigenvalue weighted by molar-refractivity contribution is 0.403. The largest absolute Gasteiger partial charge is 0.330 e. The van der Waals surface area contributed by atoms with Gasteiger partial charge in [-0.05, 0) is 23.5 Å². The van der Waals surface area contributed by atoms with E-state index in [4.69, 9.17) is 0 Å². The van der Waals surface area contributed by atoms with E-state index in [1.54, 1.807) is 7.05 Å². The Kier molecular flexibility index (Phi) is 5.78. The van der Waals surface area contributed by atoms with Gasteiger partial charge in [-0.3, -0.25) is 13.9 Å². The number of nitrogens with zero attached hydrogens (tertiary/aromatic N) is 2. The molecule has 0 saturated carbocycles. The van der Waals surface area contributed by atoms with E-state index in [-0.39, 0.29) is 17.3 Å². The Bertz CT molecular complexity index is 801. The second kappa shape index (κ2) is 7.62. The standard InChI is InChI=1S/C19H27N3O2/c1-6-14-7-9-15(10-8-14)18(13(2)3)20-12-16-11-17(23)22(5)19(24)21(16)4/h7-11,13,18,20H,6,12H2,1-5H3. The molecule has 0 aliphatic heterocycles. The van der Waals surface area contributed by atoms with Gasteiger partial charge in [0.1, 0.15) is 0 Å². The Balaban J connectivity index is 2.23. The summed E-state index contributed by atoms with van der Waals surface area (Å²) in [7, 11) is 3.19. The molecule has 24 heavy (non-hydrogen) atoms. The molecular formula is C19H27N3O2. The van der Waals surface area contributed by atoms with Crippen LogP contribution in [0.5, 0.6) is 0 Å². The first kappa shape index (κ1) is 18.2. The normalized spacial score (nSPS) is 12.6. The van der Waals surface area contributed by atoms with Crippen LogP contribution < -0.4 is 16.6 Å². The SMILES string of the molecule is CCc1ccc(C(NCc2cc(=O)n(C)c(=O)n2C)C(C)C)cc1. The third-order valence-corrected chi connectivity index (χ3v) is 4.54. The van der Waals surface area contributed by atoms with Gasteiger partial charge in [-0.25, -0.2) is 4.79 Å². The average molecular weight is 329 g/mol. The highest BCUT2D eigenvalue weighted by molar-refractivity contribution is 5.25. The summed E-state index contributed by atoms with van der Waals surface area (Å²) < 4.78 is 2.64. The Hall–Kier alpha value is -2.14. The lowest BCUT2D eigenvalue weighted by atomic mass is 9.95. The Morgan fingerprint density at radius 3 is 2.21 bits per heavy atom. The van der Waals surface area contributed by atoms with E-state index in [2.05, 4.69) is 50.4 Å². The van der Waals surface area contributed by atoms with Crippen molar-refractivity contribution in [3.63, 3.8) is 0 Å². The van der Waals surface area contributed by atoms with Crippen molar-refractivity contribution in [3.8, 4) is 0 Å². The maximum atomic E-state index is 12.0. The smallest absolute Gasteiger partial charge is 0.304 e. The predicted octanol–water partition coefficient (Wildman–Crippen LogP) is 2.13. The van der Waals surface area contributed by atoms with E-state index in [1.807, 2.05) is 0 Å². The third-order valence-electron chi connectivity index (χ3n) is 4.54. The number of benzene rings is 1.